The summed E-state index contributed by atoms with van der Waals surface area (Å²) in [5.41, 5.74) is 1.04. The molecular formula is C22H19F3N2O2. The van der Waals surface area contributed by atoms with Crippen molar-refractivity contribution in [2.45, 2.75) is 25.9 Å². The number of H-pyrrole nitrogens is 1. The molecule has 150 valence electrons. The number of hydrogen-bond donors (Lipinski definition) is 2. The fourth-order valence-corrected chi connectivity index (χ4v) is 2.96. The molecule has 0 aliphatic heterocycles. The van der Waals surface area contributed by atoms with Gasteiger partial charge in [-0.15, -0.1) is 0 Å². The molecule has 0 saturated heterocycles. The molecule has 2 aromatic carbocycles. The number of benzene rings is 2. The van der Waals surface area contributed by atoms with Crippen LogP contribution in [-0.4, -0.2) is 10.9 Å². The first-order chi connectivity index (χ1) is 13.6. The maximum atomic E-state index is 13.0. The number of aromatic amines is 1. The maximum absolute atomic E-state index is 13.0. The largest absolute Gasteiger partial charge is 0.431 e. The fourth-order valence-electron chi connectivity index (χ4n) is 2.96. The molecule has 2 N–H and O–H groups in total. The van der Waals surface area contributed by atoms with E-state index in [9.17, 15) is 22.8 Å². The van der Waals surface area contributed by atoms with Gasteiger partial charge in [0.2, 0.25) is 5.91 Å². The van der Waals surface area contributed by atoms with E-state index < -0.39 is 29.3 Å². The summed E-state index contributed by atoms with van der Waals surface area (Å²) in [4.78, 5) is 26.8. The average Bonchev–Trinajstić information content (AvgIpc) is 2.66. The molecule has 0 radical (unpaired) electrons. The number of halogens is 3. The van der Waals surface area contributed by atoms with Crippen LogP contribution in [-0.2, 0) is 11.0 Å². The molecule has 0 aliphatic carbocycles. The molecule has 0 bridgehead atoms. The summed E-state index contributed by atoms with van der Waals surface area (Å²) in [7, 11) is 0. The zero-order valence-corrected chi connectivity index (χ0v) is 15.8. The minimum Gasteiger partial charge on any atom is -0.321 e. The van der Waals surface area contributed by atoms with Crippen LogP contribution in [0.2, 0.25) is 0 Å². The highest BCUT2D eigenvalue weighted by molar-refractivity contribution is 5.98. The highest BCUT2D eigenvalue weighted by atomic mass is 19.4. The van der Waals surface area contributed by atoms with Gasteiger partial charge in [0.1, 0.15) is 11.4 Å². The number of nitrogens with one attached hydrogen (secondary N) is 2. The second-order valence-corrected chi connectivity index (χ2v) is 6.86. The molecule has 0 spiro atoms. The van der Waals surface area contributed by atoms with Crippen molar-refractivity contribution < 1.29 is 18.0 Å². The lowest BCUT2D eigenvalue weighted by Crippen LogP contribution is -2.27. The summed E-state index contributed by atoms with van der Waals surface area (Å²) >= 11 is 0. The SMILES string of the molecule is Cc1ccc(C(C(=O)Nc2ccc(C(F)(F)F)[nH]c2=O)c2ccc(C)cc2)cc1. The Balaban J connectivity index is 1.96. The number of pyridine rings is 1. The van der Waals surface area contributed by atoms with E-state index in [4.69, 9.17) is 0 Å². The molecular weight excluding hydrogens is 381 g/mol. The summed E-state index contributed by atoms with van der Waals surface area (Å²) in [6.45, 7) is 3.85. The normalized spacial score (nSPS) is 11.5. The second-order valence-electron chi connectivity index (χ2n) is 6.86. The number of hydrogen-bond acceptors (Lipinski definition) is 2. The van der Waals surface area contributed by atoms with Crippen molar-refractivity contribution in [1.29, 1.82) is 0 Å². The highest BCUT2D eigenvalue weighted by Crippen LogP contribution is 2.28. The lowest BCUT2D eigenvalue weighted by Gasteiger charge is -2.18. The third-order valence-electron chi connectivity index (χ3n) is 4.56. The highest BCUT2D eigenvalue weighted by Gasteiger charge is 2.32. The molecule has 29 heavy (non-hydrogen) atoms. The molecule has 7 heteroatoms. The van der Waals surface area contributed by atoms with Gasteiger partial charge >= 0.3 is 6.18 Å². The van der Waals surface area contributed by atoms with Crippen LogP contribution in [0.5, 0.6) is 0 Å². The summed E-state index contributed by atoms with van der Waals surface area (Å²) < 4.78 is 38.2. The predicted octanol–water partition coefficient (Wildman–Crippen LogP) is 4.78. The molecule has 1 amide bonds. The van der Waals surface area contributed by atoms with Crippen molar-refractivity contribution >= 4 is 11.6 Å². The smallest absolute Gasteiger partial charge is 0.321 e. The van der Waals surface area contributed by atoms with Gasteiger partial charge in [0.05, 0.1) is 5.92 Å². The van der Waals surface area contributed by atoms with Crippen LogP contribution < -0.4 is 10.9 Å². The van der Waals surface area contributed by atoms with Crippen molar-refractivity contribution in [3.8, 4) is 0 Å². The number of aromatic nitrogens is 1. The Morgan fingerprint density at radius 3 is 1.76 bits per heavy atom. The van der Waals surface area contributed by atoms with Gasteiger partial charge in [-0.1, -0.05) is 59.7 Å². The second kappa shape index (κ2) is 7.95. The Kier molecular flexibility index (Phi) is 5.59. The fraction of sp³-hybridized carbons (Fsp3) is 0.182. The van der Waals surface area contributed by atoms with Gasteiger partial charge in [0.25, 0.3) is 5.56 Å². The van der Waals surface area contributed by atoms with E-state index in [-0.39, 0.29) is 5.69 Å². The van der Waals surface area contributed by atoms with Crippen LogP contribution in [0.3, 0.4) is 0 Å². The zero-order valence-electron chi connectivity index (χ0n) is 15.8. The average molecular weight is 400 g/mol. The van der Waals surface area contributed by atoms with Crippen LogP contribution in [0.25, 0.3) is 0 Å². The number of rotatable bonds is 4. The number of amides is 1. The monoisotopic (exact) mass is 400 g/mol. The maximum Gasteiger partial charge on any atom is 0.431 e. The molecule has 1 heterocycles. The third kappa shape index (κ3) is 4.74. The molecule has 0 unspecified atom stereocenters. The van der Waals surface area contributed by atoms with Gasteiger partial charge in [0.15, 0.2) is 0 Å². The minimum absolute atomic E-state index is 0.243. The van der Waals surface area contributed by atoms with Crippen LogP contribution in [0.4, 0.5) is 18.9 Å². The first-order valence-electron chi connectivity index (χ1n) is 8.89. The van der Waals surface area contributed by atoms with E-state index in [1.54, 1.807) is 4.98 Å². The number of aryl methyl sites for hydroxylation is 2. The molecule has 0 fully saturated rings. The number of anilines is 1. The third-order valence-corrected chi connectivity index (χ3v) is 4.56. The van der Waals surface area contributed by atoms with Crippen LogP contribution in [0.1, 0.15) is 33.9 Å². The van der Waals surface area contributed by atoms with E-state index in [0.717, 1.165) is 23.3 Å². The Hall–Kier alpha value is -3.35. The molecule has 0 atom stereocenters. The van der Waals surface area contributed by atoms with Gasteiger partial charge in [-0.2, -0.15) is 13.2 Å². The topological polar surface area (TPSA) is 62.0 Å². The van der Waals surface area contributed by atoms with Crippen LogP contribution in [0, 0.1) is 13.8 Å². The Bertz CT molecular complexity index is 1020. The van der Waals surface area contributed by atoms with Crippen molar-refractivity contribution in [2.75, 3.05) is 5.32 Å². The van der Waals surface area contributed by atoms with Gasteiger partial charge in [-0.05, 0) is 37.1 Å². The lowest BCUT2D eigenvalue weighted by molar-refractivity contribution is -0.141. The van der Waals surface area contributed by atoms with E-state index in [2.05, 4.69) is 5.32 Å². The molecule has 4 nitrogen and oxygen atoms in total. The van der Waals surface area contributed by atoms with Crippen molar-refractivity contribution in [2.24, 2.45) is 0 Å². The van der Waals surface area contributed by atoms with Crippen LogP contribution >= 0.6 is 0 Å². The summed E-state index contributed by atoms with van der Waals surface area (Å²) in [5, 5.41) is 2.47. The Morgan fingerprint density at radius 1 is 0.862 bits per heavy atom. The Labute approximate surface area is 165 Å². The molecule has 3 rings (SSSR count). The van der Waals surface area contributed by atoms with Gasteiger partial charge in [0, 0.05) is 0 Å². The lowest BCUT2D eigenvalue weighted by atomic mass is 9.89. The van der Waals surface area contributed by atoms with E-state index in [0.29, 0.717) is 11.1 Å². The van der Waals surface area contributed by atoms with Crippen molar-refractivity contribution in [3.63, 3.8) is 0 Å². The number of alkyl halides is 3. The summed E-state index contributed by atoms with van der Waals surface area (Å²) in [6, 6.07) is 16.4. The van der Waals surface area contributed by atoms with Crippen molar-refractivity contribution in [3.05, 3.63) is 99.0 Å². The van der Waals surface area contributed by atoms with Crippen molar-refractivity contribution in [1.82, 2.24) is 4.98 Å². The number of carbonyl (C=O) groups excluding carboxylic acids is 1. The minimum atomic E-state index is -4.67. The van der Waals surface area contributed by atoms with E-state index in [1.807, 2.05) is 62.4 Å². The summed E-state index contributed by atoms with van der Waals surface area (Å²) in [5.74, 6) is -1.24. The van der Waals surface area contributed by atoms with Gasteiger partial charge in [-0.3, -0.25) is 9.59 Å². The first-order valence-corrected chi connectivity index (χ1v) is 8.89. The van der Waals surface area contributed by atoms with Gasteiger partial charge < -0.3 is 10.3 Å². The molecule has 0 aliphatic rings. The summed E-state index contributed by atoms with van der Waals surface area (Å²) in [6.07, 6.45) is -4.67. The number of carbonyl (C=O) groups is 1. The predicted molar refractivity (Wildman–Crippen MR) is 105 cm³/mol. The van der Waals surface area contributed by atoms with Crippen LogP contribution in [0.15, 0.2) is 65.5 Å². The molecule has 0 saturated carbocycles. The Morgan fingerprint density at radius 2 is 1.34 bits per heavy atom. The zero-order chi connectivity index (χ0) is 21.2. The standard InChI is InChI=1S/C22H19F3N2O2/c1-13-3-7-15(8-4-13)19(16-9-5-14(2)6-10-16)21(29)26-17-11-12-18(22(23,24)25)27-20(17)28/h3-12,19H,1-2H3,(H,26,29)(H,27,28). The van der Waals surface area contributed by atoms with E-state index >= 15 is 0 Å². The van der Waals surface area contributed by atoms with Gasteiger partial charge in [-0.25, -0.2) is 0 Å². The quantitative estimate of drug-likeness (QED) is 0.662. The molecule has 1 aromatic heterocycles. The van der Waals surface area contributed by atoms with E-state index in [1.165, 1.54) is 0 Å². The first kappa shape index (κ1) is 20.4. The molecule has 3 aromatic rings.